The lowest BCUT2D eigenvalue weighted by Crippen LogP contribution is -2.21. The summed E-state index contributed by atoms with van der Waals surface area (Å²) in [5.41, 5.74) is 10.6. The molecule has 46 heavy (non-hydrogen) atoms. The Labute approximate surface area is 268 Å². The maximum Gasteiger partial charge on any atom is 0.341 e. The van der Waals surface area contributed by atoms with Gasteiger partial charge in [0.15, 0.2) is 0 Å². The number of nitrogens with zero attached hydrogens (tertiary/aromatic N) is 2. The normalized spacial score (nSPS) is 15.9. The predicted octanol–water partition coefficient (Wildman–Crippen LogP) is 6.44. The van der Waals surface area contributed by atoms with E-state index in [0.717, 1.165) is 50.7 Å². The van der Waals surface area contributed by atoms with Gasteiger partial charge in [-0.1, -0.05) is 26.5 Å². The number of fused-ring (bicyclic) bond motifs is 8. The van der Waals surface area contributed by atoms with Gasteiger partial charge in [-0.25, -0.2) is 9.78 Å². The van der Waals surface area contributed by atoms with Gasteiger partial charge in [0.05, 0.1) is 36.9 Å². The first-order valence-electron chi connectivity index (χ1n) is 15.5. The van der Waals surface area contributed by atoms with E-state index in [4.69, 9.17) is 19.4 Å². The number of hydrogen-bond donors (Lipinski definition) is 3. The molecule has 3 N–H and O–H groups in total. The third kappa shape index (κ3) is 5.42. The molecule has 5 rings (SSSR count). The molecule has 5 heterocycles. The third-order valence-electron chi connectivity index (χ3n) is 9.36. The van der Waals surface area contributed by atoms with Crippen molar-refractivity contribution >= 4 is 57.1 Å². The van der Waals surface area contributed by atoms with Gasteiger partial charge in [0.1, 0.15) is 5.56 Å². The van der Waals surface area contributed by atoms with E-state index in [-0.39, 0.29) is 47.0 Å². The maximum absolute atomic E-state index is 13.7. The summed E-state index contributed by atoms with van der Waals surface area (Å²) in [5.74, 6) is -1.97. The number of allylic oxidation sites excluding steroid dienone is 1. The lowest BCUT2D eigenvalue weighted by atomic mass is 9.85. The van der Waals surface area contributed by atoms with Crippen LogP contribution in [0.1, 0.15) is 101 Å². The second-order valence-electron chi connectivity index (χ2n) is 11.8. The first-order valence-corrected chi connectivity index (χ1v) is 15.5. The fourth-order valence-corrected chi connectivity index (χ4v) is 6.65. The second kappa shape index (κ2) is 12.8. The van der Waals surface area contributed by atoms with Gasteiger partial charge in [-0.05, 0) is 74.1 Å². The Morgan fingerprint density at radius 1 is 0.978 bits per heavy atom. The van der Waals surface area contributed by atoms with Gasteiger partial charge in [0.2, 0.25) is 0 Å². The molecule has 0 spiro atoms. The van der Waals surface area contributed by atoms with Crippen LogP contribution in [0.4, 0.5) is 0 Å². The lowest BCUT2D eigenvalue weighted by molar-refractivity contribution is -0.140. The lowest BCUT2D eigenvalue weighted by Gasteiger charge is -2.17. The largest absolute Gasteiger partial charge is 0.469 e. The molecule has 240 valence electrons. The molecule has 0 radical (unpaired) electrons. The van der Waals surface area contributed by atoms with E-state index in [2.05, 4.69) is 41.8 Å². The van der Waals surface area contributed by atoms with E-state index in [1.165, 1.54) is 14.2 Å². The number of aromatic amines is 2. The zero-order chi connectivity index (χ0) is 33.4. The number of amides is 1. The molecule has 2 aliphatic rings. The summed E-state index contributed by atoms with van der Waals surface area (Å²) in [4.78, 5) is 56.6. The minimum absolute atomic E-state index is 0.101. The zero-order valence-corrected chi connectivity index (χ0v) is 27.7. The molecule has 1 amide bonds. The number of carbonyl (C=O) groups excluding carboxylic acids is 3. The van der Waals surface area contributed by atoms with Crippen LogP contribution in [0.2, 0.25) is 0 Å². The number of rotatable bonds is 7. The Balaban J connectivity index is 2.04. The Morgan fingerprint density at radius 2 is 1.67 bits per heavy atom. The van der Waals surface area contributed by atoms with Gasteiger partial charge in [-0.2, -0.15) is 0 Å². The van der Waals surface area contributed by atoms with Gasteiger partial charge in [0.25, 0.3) is 5.91 Å². The van der Waals surface area contributed by atoms with Gasteiger partial charge < -0.3 is 24.8 Å². The first kappa shape index (κ1) is 32.4. The number of aromatic nitrogens is 4. The van der Waals surface area contributed by atoms with E-state index < -0.39 is 5.97 Å². The average Bonchev–Trinajstić information content (AvgIpc) is 3.72. The number of ether oxygens (including phenoxy) is 2. The first-order chi connectivity index (χ1) is 22.0. The molecule has 0 aromatic carbocycles. The number of aryl methyl sites for hydroxylation is 3. The van der Waals surface area contributed by atoms with Crippen molar-refractivity contribution < 1.29 is 23.9 Å². The van der Waals surface area contributed by atoms with Crippen LogP contribution >= 0.6 is 0 Å². The fourth-order valence-electron chi connectivity index (χ4n) is 6.65. The van der Waals surface area contributed by atoms with Crippen LogP contribution in [0.15, 0.2) is 24.8 Å². The van der Waals surface area contributed by atoms with Crippen LogP contribution in [0, 0.1) is 13.8 Å². The molecule has 3 aromatic heterocycles. The van der Waals surface area contributed by atoms with Crippen molar-refractivity contribution in [2.45, 2.75) is 65.7 Å². The molecule has 0 fully saturated rings. The number of methoxy groups -OCH3 is 2. The standard InChI is InChI=1S/C36H41N5O5/c1-10-21-17(3)24-14-26-19(5)23(12-13-30(42)45-8)33(40-26)32(36(44)46-9)34-31(35(43)37-7)20(6)27(41-34)16-29-22(11-2)18(4)25(39-29)15-28(21)38-24/h10,14-16,19,23,38-39H,1,11-13H2,2-9H3,(H,37,43)/t19-,23-/m0/s1. The van der Waals surface area contributed by atoms with E-state index in [1.54, 1.807) is 7.05 Å². The molecular weight excluding hydrogens is 582 g/mol. The second-order valence-corrected chi connectivity index (χ2v) is 11.8. The highest BCUT2D eigenvalue weighted by atomic mass is 16.5. The van der Waals surface area contributed by atoms with E-state index >= 15 is 0 Å². The molecule has 3 aromatic rings. The molecular formula is C36H41N5O5. The van der Waals surface area contributed by atoms with Crippen molar-refractivity contribution in [1.82, 2.24) is 25.3 Å². The number of esters is 2. The van der Waals surface area contributed by atoms with Gasteiger partial charge in [-0.15, -0.1) is 0 Å². The molecule has 10 heteroatoms. The maximum atomic E-state index is 13.7. The molecule has 0 saturated heterocycles. The van der Waals surface area contributed by atoms with Crippen molar-refractivity contribution in [3.63, 3.8) is 0 Å². The predicted molar refractivity (Wildman–Crippen MR) is 180 cm³/mol. The summed E-state index contributed by atoms with van der Waals surface area (Å²) in [6.07, 6.45) is 3.09. The summed E-state index contributed by atoms with van der Waals surface area (Å²) >= 11 is 0. The van der Waals surface area contributed by atoms with E-state index in [1.807, 2.05) is 39.0 Å². The van der Waals surface area contributed by atoms with Crippen LogP contribution in [-0.4, -0.2) is 59.0 Å². The molecule has 2 atom stereocenters. The summed E-state index contributed by atoms with van der Waals surface area (Å²) in [5, 5.41) is 2.71. The number of H-pyrrole nitrogens is 2. The van der Waals surface area contributed by atoms with Crippen molar-refractivity contribution in [3.05, 3.63) is 75.4 Å². The summed E-state index contributed by atoms with van der Waals surface area (Å²) < 4.78 is 10.3. The zero-order valence-electron chi connectivity index (χ0n) is 27.7. The summed E-state index contributed by atoms with van der Waals surface area (Å²) in [7, 11) is 4.19. The Bertz CT molecular complexity index is 1980. The van der Waals surface area contributed by atoms with Crippen LogP contribution < -0.4 is 5.32 Å². The molecule has 0 unspecified atom stereocenters. The van der Waals surface area contributed by atoms with E-state index in [9.17, 15) is 14.4 Å². The van der Waals surface area contributed by atoms with Crippen LogP contribution in [0.25, 0.3) is 39.3 Å². The SMILES string of the molecule is C=Cc1c(C)c2cc3nc(c(C(=O)OC)c4nc(cc5[nH]c(cc1[nH]2)c(C)c5CC)C(C)=C4C(=O)NC)[C@@H](CCC(=O)OC)[C@@H]3C. The highest BCUT2D eigenvalue weighted by Crippen LogP contribution is 2.43. The number of carbonyl (C=O) groups is 3. The highest BCUT2D eigenvalue weighted by molar-refractivity contribution is 6.28. The highest BCUT2D eigenvalue weighted by Gasteiger charge is 2.37. The van der Waals surface area contributed by atoms with Crippen LogP contribution in [0.3, 0.4) is 0 Å². The van der Waals surface area contributed by atoms with E-state index in [0.29, 0.717) is 29.1 Å². The minimum atomic E-state index is -0.667. The van der Waals surface area contributed by atoms with Gasteiger partial charge >= 0.3 is 11.9 Å². The number of likely N-dealkylation sites (N-methyl/N-ethyl adjacent to an activating group) is 1. The van der Waals surface area contributed by atoms with Crippen molar-refractivity contribution in [1.29, 1.82) is 0 Å². The number of nitrogens with one attached hydrogen (secondary N) is 3. The molecule has 8 bridgehead atoms. The Morgan fingerprint density at radius 3 is 2.30 bits per heavy atom. The Hall–Kier alpha value is -4.99. The molecule has 0 aliphatic carbocycles. The summed E-state index contributed by atoms with van der Waals surface area (Å²) in [6, 6.07) is 6.00. The van der Waals surface area contributed by atoms with Crippen molar-refractivity contribution in [2.24, 2.45) is 0 Å². The molecule has 2 aliphatic heterocycles. The minimum Gasteiger partial charge on any atom is -0.469 e. The smallest absolute Gasteiger partial charge is 0.341 e. The fraction of sp³-hybridized carbons (Fsp3) is 0.361. The van der Waals surface area contributed by atoms with Crippen molar-refractivity contribution in [3.8, 4) is 0 Å². The van der Waals surface area contributed by atoms with Gasteiger partial charge in [0, 0.05) is 58.6 Å². The molecule has 10 nitrogen and oxygen atoms in total. The Kier molecular flexibility index (Phi) is 9.01. The van der Waals surface area contributed by atoms with Crippen LogP contribution in [-0.2, 0) is 25.5 Å². The quantitative estimate of drug-likeness (QED) is 0.257. The van der Waals surface area contributed by atoms with Gasteiger partial charge in [-0.3, -0.25) is 14.6 Å². The van der Waals surface area contributed by atoms with Crippen LogP contribution in [0.5, 0.6) is 0 Å². The average molecular weight is 624 g/mol. The summed E-state index contributed by atoms with van der Waals surface area (Å²) in [6.45, 7) is 14.1. The third-order valence-corrected chi connectivity index (χ3v) is 9.36. The monoisotopic (exact) mass is 623 g/mol. The topological polar surface area (TPSA) is 139 Å². The molecule has 0 saturated carbocycles. The number of hydrogen-bond acceptors (Lipinski definition) is 7. The van der Waals surface area contributed by atoms with Crippen molar-refractivity contribution in [2.75, 3.05) is 21.3 Å².